The quantitative estimate of drug-likeness (QED) is 0.775. The number of carbonyl (C=O) groups excluding carboxylic acids is 1. The highest BCUT2D eigenvalue weighted by atomic mass is 19.1. The number of pyridine rings is 1. The van der Waals surface area contributed by atoms with Crippen molar-refractivity contribution >= 4 is 22.5 Å². The average molecular weight is 330 g/mol. The molecule has 0 saturated carbocycles. The zero-order chi connectivity index (χ0) is 17.3. The molecule has 3 rings (SSSR count). The molecule has 2 aromatic carbocycles. The number of carbonyl (C=O) groups is 1. The predicted molar refractivity (Wildman–Crippen MR) is 85.4 cm³/mol. The SMILES string of the molecule is COc1cccc2c(=O)c(C(=O)Nc3cc(F)cc(F)c3)c[nH]c12. The minimum atomic E-state index is -0.831. The highest BCUT2D eigenvalue weighted by Crippen LogP contribution is 2.21. The molecule has 1 aromatic heterocycles. The molecular weight excluding hydrogens is 318 g/mol. The molecule has 1 heterocycles. The second-order valence-electron chi connectivity index (χ2n) is 5.03. The number of hydrogen-bond donors (Lipinski definition) is 2. The Labute approximate surface area is 134 Å². The zero-order valence-electron chi connectivity index (χ0n) is 12.5. The van der Waals surface area contributed by atoms with Crippen LogP contribution in [0.4, 0.5) is 14.5 Å². The van der Waals surface area contributed by atoms with Crippen molar-refractivity contribution < 1.29 is 18.3 Å². The van der Waals surface area contributed by atoms with Gasteiger partial charge in [0.05, 0.1) is 18.0 Å². The van der Waals surface area contributed by atoms with Gasteiger partial charge in [-0.3, -0.25) is 9.59 Å². The number of methoxy groups -OCH3 is 1. The van der Waals surface area contributed by atoms with Crippen LogP contribution >= 0.6 is 0 Å². The average Bonchev–Trinajstić information content (AvgIpc) is 2.53. The summed E-state index contributed by atoms with van der Waals surface area (Å²) >= 11 is 0. The van der Waals surface area contributed by atoms with Gasteiger partial charge in [0.25, 0.3) is 5.91 Å². The number of para-hydroxylation sites is 1. The lowest BCUT2D eigenvalue weighted by molar-refractivity contribution is 0.102. The minimum absolute atomic E-state index is 0.0809. The van der Waals surface area contributed by atoms with Gasteiger partial charge in [0.2, 0.25) is 5.43 Å². The Morgan fingerprint density at radius 3 is 2.54 bits per heavy atom. The minimum Gasteiger partial charge on any atom is -0.495 e. The number of benzene rings is 2. The Morgan fingerprint density at radius 1 is 1.17 bits per heavy atom. The summed E-state index contributed by atoms with van der Waals surface area (Å²) in [6.45, 7) is 0. The smallest absolute Gasteiger partial charge is 0.261 e. The summed E-state index contributed by atoms with van der Waals surface area (Å²) in [6, 6.07) is 7.45. The summed E-state index contributed by atoms with van der Waals surface area (Å²) in [5, 5.41) is 2.57. The monoisotopic (exact) mass is 330 g/mol. The topological polar surface area (TPSA) is 71.2 Å². The molecule has 0 saturated heterocycles. The molecule has 3 aromatic rings. The van der Waals surface area contributed by atoms with E-state index in [0.717, 1.165) is 12.1 Å². The third-order valence-electron chi connectivity index (χ3n) is 3.46. The molecule has 24 heavy (non-hydrogen) atoms. The molecule has 2 N–H and O–H groups in total. The van der Waals surface area contributed by atoms with Crippen molar-refractivity contribution in [1.29, 1.82) is 0 Å². The Balaban J connectivity index is 2.01. The summed E-state index contributed by atoms with van der Waals surface area (Å²) in [5.41, 5.74) is -0.321. The summed E-state index contributed by atoms with van der Waals surface area (Å²) in [5.74, 6) is -1.97. The van der Waals surface area contributed by atoms with Crippen LogP contribution in [0.25, 0.3) is 10.9 Å². The normalized spacial score (nSPS) is 10.6. The number of amides is 1. The van der Waals surface area contributed by atoms with E-state index in [-0.39, 0.29) is 16.6 Å². The van der Waals surface area contributed by atoms with Crippen molar-refractivity contribution in [2.24, 2.45) is 0 Å². The molecular formula is C17H12F2N2O3. The first-order valence-corrected chi connectivity index (χ1v) is 6.95. The second-order valence-corrected chi connectivity index (χ2v) is 5.03. The van der Waals surface area contributed by atoms with Crippen molar-refractivity contribution in [2.45, 2.75) is 0 Å². The van der Waals surface area contributed by atoms with Crippen molar-refractivity contribution in [3.63, 3.8) is 0 Å². The van der Waals surface area contributed by atoms with Crippen molar-refractivity contribution in [1.82, 2.24) is 4.98 Å². The van der Waals surface area contributed by atoms with Gasteiger partial charge in [0.15, 0.2) is 0 Å². The van der Waals surface area contributed by atoms with Crippen molar-refractivity contribution in [2.75, 3.05) is 12.4 Å². The fourth-order valence-electron chi connectivity index (χ4n) is 2.39. The van der Waals surface area contributed by atoms with Crippen molar-refractivity contribution in [3.05, 3.63) is 70.0 Å². The van der Waals surface area contributed by atoms with Crippen LogP contribution < -0.4 is 15.5 Å². The van der Waals surface area contributed by atoms with Gasteiger partial charge in [-0.25, -0.2) is 8.78 Å². The highest BCUT2D eigenvalue weighted by molar-refractivity contribution is 6.06. The standard InChI is InChI=1S/C17H12F2N2O3/c1-24-14-4-2-3-12-15(14)20-8-13(16(12)22)17(23)21-11-6-9(18)5-10(19)7-11/h2-8H,1H3,(H,20,22)(H,21,23). The summed E-state index contributed by atoms with van der Waals surface area (Å²) in [4.78, 5) is 27.6. The van der Waals surface area contributed by atoms with Crippen LogP contribution in [0.5, 0.6) is 5.75 Å². The molecule has 0 fully saturated rings. The van der Waals surface area contributed by atoms with Gasteiger partial charge in [-0.15, -0.1) is 0 Å². The molecule has 0 aliphatic carbocycles. The predicted octanol–water partition coefficient (Wildman–Crippen LogP) is 3.07. The molecule has 0 aliphatic heterocycles. The number of rotatable bonds is 3. The molecule has 0 atom stereocenters. The lowest BCUT2D eigenvalue weighted by Crippen LogP contribution is -2.22. The number of fused-ring (bicyclic) bond motifs is 1. The molecule has 122 valence electrons. The van der Waals surface area contributed by atoms with E-state index in [9.17, 15) is 18.4 Å². The van der Waals surface area contributed by atoms with E-state index in [4.69, 9.17) is 4.74 Å². The van der Waals surface area contributed by atoms with Crippen molar-refractivity contribution in [3.8, 4) is 5.75 Å². The first-order chi connectivity index (χ1) is 11.5. The van der Waals surface area contributed by atoms with E-state index in [0.29, 0.717) is 17.3 Å². The molecule has 7 heteroatoms. The number of aromatic nitrogens is 1. The maximum absolute atomic E-state index is 13.2. The number of H-pyrrole nitrogens is 1. The Kier molecular flexibility index (Phi) is 3.99. The van der Waals surface area contributed by atoms with E-state index in [2.05, 4.69) is 10.3 Å². The highest BCUT2D eigenvalue weighted by Gasteiger charge is 2.15. The van der Waals surface area contributed by atoms with Crippen LogP contribution in [0, 0.1) is 11.6 Å². The molecule has 0 bridgehead atoms. The number of ether oxygens (including phenoxy) is 1. The van der Waals surface area contributed by atoms with Crippen LogP contribution in [0.1, 0.15) is 10.4 Å². The number of hydrogen-bond acceptors (Lipinski definition) is 3. The Morgan fingerprint density at radius 2 is 1.88 bits per heavy atom. The maximum atomic E-state index is 13.2. The van der Waals surface area contributed by atoms with Gasteiger partial charge in [0, 0.05) is 18.0 Å². The summed E-state index contributed by atoms with van der Waals surface area (Å²) in [7, 11) is 1.46. The van der Waals surface area contributed by atoms with E-state index in [1.54, 1.807) is 18.2 Å². The van der Waals surface area contributed by atoms with Gasteiger partial charge >= 0.3 is 0 Å². The van der Waals surface area contributed by atoms with Crippen LogP contribution in [-0.4, -0.2) is 18.0 Å². The van der Waals surface area contributed by atoms with Crippen LogP contribution in [-0.2, 0) is 0 Å². The zero-order valence-corrected chi connectivity index (χ0v) is 12.5. The third kappa shape index (κ3) is 2.83. The Bertz CT molecular complexity index is 979. The molecule has 0 spiro atoms. The Hall–Kier alpha value is -3.22. The van der Waals surface area contributed by atoms with Gasteiger partial charge in [0.1, 0.15) is 22.9 Å². The number of anilines is 1. The lowest BCUT2D eigenvalue weighted by Gasteiger charge is -2.08. The van der Waals surface area contributed by atoms with Crippen LogP contribution in [0.15, 0.2) is 47.4 Å². The van der Waals surface area contributed by atoms with Gasteiger partial charge in [-0.05, 0) is 24.3 Å². The largest absolute Gasteiger partial charge is 0.495 e. The summed E-state index contributed by atoms with van der Waals surface area (Å²) < 4.78 is 31.5. The van der Waals surface area contributed by atoms with E-state index in [1.165, 1.54) is 13.3 Å². The molecule has 0 radical (unpaired) electrons. The number of halogens is 2. The second kappa shape index (κ2) is 6.11. The molecule has 0 aliphatic rings. The lowest BCUT2D eigenvalue weighted by atomic mass is 10.1. The first-order valence-electron chi connectivity index (χ1n) is 6.95. The van der Waals surface area contributed by atoms with Gasteiger partial charge in [-0.1, -0.05) is 6.07 Å². The van der Waals surface area contributed by atoms with E-state index < -0.39 is 23.0 Å². The third-order valence-corrected chi connectivity index (χ3v) is 3.46. The van der Waals surface area contributed by atoms with Crippen LogP contribution in [0.2, 0.25) is 0 Å². The van der Waals surface area contributed by atoms with Gasteiger partial charge < -0.3 is 15.0 Å². The summed E-state index contributed by atoms with van der Waals surface area (Å²) in [6.07, 6.45) is 1.23. The maximum Gasteiger partial charge on any atom is 0.261 e. The molecule has 5 nitrogen and oxygen atoms in total. The van der Waals surface area contributed by atoms with E-state index in [1.807, 2.05) is 0 Å². The number of aromatic amines is 1. The van der Waals surface area contributed by atoms with Gasteiger partial charge in [-0.2, -0.15) is 0 Å². The fraction of sp³-hybridized carbons (Fsp3) is 0.0588. The molecule has 0 unspecified atom stereocenters. The van der Waals surface area contributed by atoms with Crippen LogP contribution in [0.3, 0.4) is 0 Å². The van der Waals surface area contributed by atoms with E-state index >= 15 is 0 Å². The first kappa shape index (κ1) is 15.7. The molecule has 1 amide bonds. The number of nitrogens with one attached hydrogen (secondary N) is 2. The fourth-order valence-corrected chi connectivity index (χ4v) is 2.39.